The topological polar surface area (TPSA) is 56.0 Å². The second-order valence-electron chi connectivity index (χ2n) is 1.32. The van der Waals surface area contributed by atoms with Gasteiger partial charge < -0.3 is 10.1 Å². The fraction of sp³-hybridized carbons (Fsp3) is 0. The molecular formula is C3ClFN2O2S. The Bertz CT molecular complexity index is 275. The van der Waals surface area contributed by atoms with Crippen molar-refractivity contribution in [2.24, 2.45) is 0 Å². The third-order valence-corrected chi connectivity index (χ3v) is 1.65. The van der Waals surface area contributed by atoms with Crippen LogP contribution in [0.1, 0.15) is 0 Å². The maximum Gasteiger partial charge on any atom is 0.413 e. The molecular weight excluding hydrogens is 183 g/mol. The molecule has 1 aromatic heterocycles. The molecule has 54 valence electrons. The van der Waals surface area contributed by atoms with Gasteiger partial charge in [-0.05, 0) is 32.8 Å². The van der Waals surface area contributed by atoms with Gasteiger partial charge in [-0.25, -0.2) is 0 Å². The SMILES string of the molecule is O=[N+]([O-])c1nc(Cl)sc1F. The van der Waals surface area contributed by atoms with Gasteiger partial charge in [0.1, 0.15) is 0 Å². The fourth-order valence-corrected chi connectivity index (χ4v) is 1.16. The van der Waals surface area contributed by atoms with Crippen molar-refractivity contribution in [3.05, 3.63) is 19.7 Å². The summed E-state index contributed by atoms with van der Waals surface area (Å²) in [6.07, 6.45) is 0. The molecule has 4 nitrogen and oxygen atoms in total. The molecule has 0 radical (unpaired) electrons. The van der Waals surface area contributed by atoms with E-state index in [4.69, 9.17) is 11.6 Å². The van der Waals surface area contributed by atoms with E-state index in [0.717, 1.165) is 0 Å². The Kier molecular flexibility index (Phi) is 1.82. The molecule has 0 amide bonds. The van der Waals surface area contributed by atoms with Crippen LogP contribution in [0, 0.1) is 15.2 Å². The summed E-state index contributed by atoms with van der Waals surface area (Å²) < 4.78 is 12.1. The number of hydrogen-bond donors (Lipinski definition) is 0. The minimum Gasteiger partial charge on any atom is -0.358 e. The lowest BCUT2D eigenvalue weighted by Gasteiger charge is -1.83. The average molecular weight is 183 g/mol. The highest BCUT2D eigenvalue weighted by molar-refractivity contribution is 7.14. The number of nitrogens with zero attached hydrogens (tertiary/aromatic N) is 2. The predicted molar refractivity (Wildman–Crippen MR) is 33.7 cm³/mol. The molecule has 0 unspecified atom stereocenters. The van der Waals surface area contributed by atoms with Crippen molar-refractivity contribution in [2.75, 3.05) is 0 Å². The number of halogens is 2. The average Bonchev–Trinajstić information content (AvgIpc) is 2.10. The van der Waals surface area contributed by atoms with E-state index >= 15 is 0 Å². The first-order chi connectivity index (χ1) is 4.61. The van der Waals surface area contributed by atoms with Gasteiger partial charge in [-0.1, -0.05) is 0 Å². The number of aromatic nitrogens is 1. The van der Waals surface area contributed by atoms with E-state index in [1.54, 1.807) is 0 Å². The maximum atomic E-state index is 12.3. The summed E-state index contributed by atoms with van der Waals surface area (Å²) in [5, 5.41) is 8.92. The zero-order valence-electron chi connectivity index (χ0n) is 4.38. The van der Waals surface area contributed by atoms with Gasteiger partial charge in [-0.3, -0.25) is 0 Å². The molecule has 0 aliphatic carbocycles. The first kappa shape index (κ1) is 7.36. The first-order valence-electron chi connectivity index (χ1n) is 2.07. The van der Waals surface area contributed by atoms with E-state index in [-0.39, 0.29) is 4.47 Å². The van der Waals surface area contributed by atoms with Crippen LogP contribution in [0.25, 0.3) is 0 Å². The summed E-state index contributed by atoms with van der Waals surface area (Å²) in [7, 11) is 0. The van der Waals surface area contributed by atoms with Gasteiger partial charge in [0.2, 0.25) is 0 Å². The van der Waals surface area contributed by atoms with Gasteiger partial charge in [-0.2, -0.15) is 4.39 Å². The second kappa shape index (κ2) is 2.47. The number of hydrogen-bond acceptors (Lipinski definition) is 4. The summed E-state index contributed by atoms with van der Waals surface area (Å²) in [5.41, 5.74) is 0. The Morgan fingerprint density at radius 2 is 2.40 bits per heavy atom. The molecule has 1 rings (SSSR count). The van der Waals surface area contributed by atoms with E-state index in [9.17, 15) is 14.5 Å². The van der Waals surface area contributed by atoms with Gasteiger partial charge >= 0.3 is 10.3 Å². The van der Waals surface area contributed by atoms with Gasteiger partial charge in [-0.15, -0.1) is 0 Å². The van der Waals surface area contributed by atoms with Crippen LogP contribution in [-0.4, -0.2) is 9.91 Å². The summed E-state index contributed by atoms with van der Waals surface area (Å²) >= 11 is 5.62. The lowest BCUT2D eigenvalue weighted by molar-refractivity contribution is -0.391. The Balaban J connectivity index is 3.15. The van der Waals surface area contributed by atoms with Crippen LogP contribution >= 0.6 is 22.9 Å². The van der Waals surface area contributed by atoms with Gasteiger partial charge in [0.15, 0.2) is 0 Å². The van der Waals surface area contributed by atoms with Crippen LogP contribution in [0.5, 0.6) is 0 Å². The number of nitro groups is 1. The molecule has 0 aromatic carbocycles. The number of rotatable bonds is 1. The lowest BCUT2D eigenvalue weighted by atomic mass is 10.8. The number of thiazole rings is 1. The molecule has 0 aliphatic rings. The smallest absolute Gasteiger partial charge is 0.358 e. The summed E-state index contributed by atoms with van der Waals surface area (Å²) in [6.45, 7) is 0. The van der Waals surface area contributed by atoms with Gasteiger partial charge in [0.25, 0.3) is 5.13 Å². The molecule has 1 heterocycles. The van der Waals surface area contributed by atoms with Crippen LogP contribution in [0.4, 0.5) is 10.2 Å². The largest absolute Gasteiger partial charge is 0.413 e. The Morgan fingerprint density at radius 3 is 2.60 bits per heavy atom. The lowest BCUT2D eigenvalue weighted by Crippen LogP contribution is -1.89. The Morgan fingerprint density at radius 1 is 1.80 bits per heavy atom. The highest BCUT2D eigenvalue weighted by Gasteiger charge is 2.21. The summed E-state index contributed by atoms with van der Waals surface area (Å²) in [4.78, 5) is 12.1. The third kappa shape index (κ3) is 1.22. The van der Waals surface area contributed by atoms with Crippen molar-refractivity contribution in [3.63, 3.8) is 0 Å². The molecule has 0 bridgehead atoms. The second-order valence-corrected chi connectivity index (χ2v) is 2.85. The standard InChI is InChI=1S/C3ClFN2O2S/c4-3-6-2(7(8)9)1(5)10-3. The quantitative estimate of drug-likeness (QED) is 0.492. The van der Waals surface area contributed by atoms with Crippen molar-refractivity contribution < 1.29 is 9.31 Å². The van der Waals surface area contributed by atoms with Crippen LogP contribution in [0.3, 0.4) is 0 Å². The minimum atomic E-state index is -0.963. The third-order valence-electron chi connectivity index (χ3n) is 0.716. The fourth-order valence-electron chi connectivity index (χ4n) is 0.382. The molecule has 0 fully saturated rings. The highest BCUT2D eigenvalue weighted by Crippen LogP contribution is 2.25. The molecule has 0 N–H and O–H groups in total. The van der Waals surface area contributed by atoms with Crippen LogP contribution < -0.4 is 0 Å². The molecule has 0 atom stereocenters. The van der Waals surface area contributed by atoms with Gasteiger partial charge in [0.05, 0.1) is 0 Å². The predicted octanol–water partition coefficient (Wildman–Crippen LogP) is 1.84. The van der Waals surface area contributed by atoms with Crippen molar-refractivity contribution in [2.45, 2.75) is 0 Å². The zero-order chi connectivity index (χ0) is 7.72. The molecule has 7 heteroatoms. The van der Waals surface area contributed by atoms with Crippen molar-refractivity contribution >= 4 is 28.8 Å². The van der Waals surface area contributed by atoms with E-state index in [2.05, 4.69) is 4.98 Å². The molecule has 10 heavy (non-hydrogen) atoms. The zero-order valence-corrected chi connectivity index (χ0v) is 5.95. The Hall–Kier alpha value is -0.750. The summed E-state index contributed by atoms with van der Waals surface area (Å²) in [5.74, 6) is -0.810. The van der Waals surface area contributed by atoms with E-state index in [1.165, 1.54) is 0 Å². The Labute approximate surface area is 63.4 Å². The maximum absolute atomic E-state index is 12.3. The van der Waals surface area contributed by atoms with Crippen LogP contribution in [0.2, 0.25) is 4.47 Å². The van der Waals surface area contributed by atoms with E-state index in [0.29, 0.717) is 11.3 Å². The summed E-state index contributed by atoms with van der Waals surface area (Å²) in [6, 6.07) is 0. The van der Waals surface area contributed by atoms with Crippen LogP contribution in [0.15, 0.2) is 0 Å². The molecule has 1 aromatic rings. The van der Waals surface area contributed by atoms with Crippen molar-refractivity contribution in [1.29, 1.82) is 0 Å². The van der Waals surface area contributed by atoms with E-state index in [1.807, 2.05) is 0 Å². The molecule has 0 aliphatic heterocycles. The van der Waals surface area contributed by atoms with E-state index < -0.39 is 15.9 Å². The highest BCUT2D eigenvalue weighted by atomic mass is 35.5. The molecule has 0 spiro atoms. The van der Waals surface area contributed by atoms with Crippen molar-refractivity contribution in [1.82, 2.24) is 4.98 Å². The van der Waals surface area contributed by atoms with Crippen LogP contribution in [-0.2, 0) is 0 Å². The van der Waals surface area contributed by atoms with Gasteiger partial charge in [0, 0.05) is 0 Å². The molecule has 0 saturated heterocycles. The first-order valence-corrected chi connectivity index (χ1v) is 3.27. The normalized spacial score (nSPS) is 9.80. The monoisotopic (exact) mass is 182 g/mol. The van der Waals surface area contributed by atoms with Crippen molar-refractivity contribution in [3.8, 4) is 0 Å². The molecule has 0 saturated carbocycles. The minimum absolute atomic E-state index is 0.163.